The van der Waals surface area contributed by atoms with Crippen LogP contribution in [0.2, 0.25) is 0 Å². The van der Waals surface area contributed by atoms with Crippen LogP contribution in [-0.4, -0.2) is 25.6 Å². The second-order valence-corrected chi connectivity index (χ2v) is 7.80. The van der Waals surface area contributed by atoms with Crippen LogP contribution in [0.1, 0.15) is 32.8 Å². The van der Waals surface area contributed by atoms with Gasteiger partial charge in [-0.3, -0.25) is 4.79 Å². The van der Waals surface area contributed by atoms with Crippen molar-refractivity contribution in [1.29, 1.82) is 5.26 Å². The molecule has 0 aliphatic heterocycles. The molecule has 4 rings (SSSR count). The van der Waals surface area contributed by atoms with Crippen molar-refractivity contribution in [1.82, 2.24) is 0 Å². The number of carbonyl (C=O) groups excluding carboxylic acids is 2. The van der Waals surface area contributed by atoms with Crippen LogP contribution >= 0.6 is 11.3 Å². The first-order chi connectivity index (χ1) is 14.1. The second kappa shape index (κ2) is 7.94. The van der Waals surface area contributed by atoms with Crippen molar-refractivity contribution in [2.75, 3.05) is 19.0 Å². The van der Waals surface area contributed by atoms with E-state index in [4.69, 9.17) is 9.47 Å². The number of amides is 1. The first-order valence-corrected chi connectivity index (χ1v) is 10.0. The van der Waals surface area contributed by atoms with Crippen molar-refractivity contribution in [3.8, 4) is 11.8 Å². The number of ether oxygens (including phenoxy) is 2. The van der Waals surface area contributed by atoms with E-state index in [0.29, 0.717) is 16.3 Å². The molecule has 0 saturated carbocycles. The van der Waals surface area contributed by atoms with Crippen molar-refractivity contribution in [3.63, 3.8) is 0 Å². The van der Waals surface area contributed by atoms with Crippen molar-refractivity contribution in [3.05, 3.63) is 58.0 Å². The number of aryl methyl sites for hydroxylation is 1. The van der Waals surface area contributed by atoms with Gasteiger partial charge >= 0.3 is 5.97 Å². The van der Waals surface area contributed by atoms with Crippen molar-refractivity contribution in [2.45, 2.75) is 19.3 Å². The predicted octanol–water partition coefficient (Wildman–Crippen LogP) is 4.07. The fourth-order valence-electron chi connectivity index (χ4n) is 3.53. The molecule has 146 valence electrons. The Labute approximate surface area is 171 Å². The minimum atomic E-state index is -0.642. The van der Waals surface area contributed by atoms with E-state index in [1.807, 2.05) is 24.3 Å². The van der Waals surface area contributed by atoms with Gasteiger partial charge in [0.2, 0.25) is 0 Å². The molecule has 0 atom stereocenters. The molecule has 6 nitrogen and oxygen atoms in total. The third kappa shape index (κ3) is 3.67. The number of nitrogens with one attached hydrogen (secondary N) is 1. The topological polar surface area (TPSA) is 88.4 Å². The number of methoxy groups -OCH3 is 1. The Morgan fingerprint density at radius 2 is 1.97 bits per heavy atom. The number of nitrogens with zero attached hydrogens (tertiary/aromatic N) is 1. The highest BCUT2D eigenvalue weighted by Gasteiger charge is 2.23. The van der Waals surface area contributed by atoms with Gasteiger partial charge in [0, 0.05) is 4.88 Å². The van der Waals surface area contributed by atoms with E-state index in [9.17, 15) is 14.9 Å². The van der Waals surface area contributed by atoms with Gasteiger partial charge in [-0.2, -0.15) is 5.26 Å². The summed E-state index contributed by atoms with van der Waals surface area (Å²) < 4.78 is 10.5. The maximum atomic E-state index is 12.5. The van der Waals surface area contributed by atoms with Gasteiger partial charge in [0.1, 0.15) is 22.4 Å². The van der Waals surface area contributed by atoms with Crippen LogP contribution in [0.15, 0.2) is 36.4 Å². The largest absolute Gasteiger partial charge is 0.496 e. The fraction of sp³-hybridized carbons (Fsp3) is 0.227. The standard InChI is InChI=1S/C22H18N2O4S/c1-27-18-10-14-6-3-2-5-13(14)9-16(18)22(26)28-12-20(25)24-21-17(11-23)15-7-4-8-19(15)29-21/h2-3,5-6,9-10H,4,7-8,12H2,1H3,(H,24,25). The Morgan fingerprint density at radius 3 is 2.69 bits per heavy atom. The molecule has 0 unspecified atom stereocenters. The number of thiophene rings is 1. The van der Waals surface area contributed by atoms with E-state index in [0.717, 1.165) is 40.5 Å². The maximum Gasteiger partial charge on any atom is 0.342 e. The van der Waals surface area contributed by atoms with Crippen LogP contribution in [0.5, 0.6) is 5.75 Å². The zero-order chi connectivity index (χ0) is 20.4. The summed E-state index contributed by atoms with van der Waals surface area (Å²) in [6.45, 7) is -0.442. The zero-order valence-corrected chi connectivity index (χ0v) is 16.6. The summed E-state index contributed by atoms with van der Waals surface area (Å²) in [4.78, 5) is 26.0. The number of anilines is 1. The number of nitriles is 1. The minimum absolute atomic E-state index is 0.256. The molecular weight excluding hydrogens is 388 g/mol. The van der Waals surface area contributed by atoms with Gasteiger partial charge < -0.3 is 14.8 Å². The highest BCUT2D eigenvalue weighted by atomic mass is 32.1. The first-order valence-electron chi connectivity index (χ1n) is 9.19. The van der Waals surface area contributed by atoms with Crippen molar-refractivity contribution < 1.29 is 19.1 Å². The number of hydrogen-bond donors (Lipinski definition) is 1. The lowest BCUT2D eigenvalue weighted by Crippen LogP contribution is -2.21. The normalized spacial score (nSPS) is 12.3. The number of esters is 1. The Balaban J connectivity index is 1.46. The summed E-state index contributed by atoms with van der Waals surface area (Å²) in [7, 11) is 1.48. The molecule has 7 heteroatoms. The lowest BCUT2D eigenvalue weighted by molar-refractivity contribution is -0.119. The number of rotatable bonds is 5. The molecule has 1 aliphatic carbocycles. The molecule has 1 amide bonds. The highest BCUT2D eigenvalue weighted by molar-refractivity contribution is 7.16. The van der Waals surface area contributed by atoms with Crippen LogP contribution in [-0.2, 0) is 22.4 Å². The minimum Gasteiger partial charge on any atom is -0.496 e. The molecule has 0 saturated heterocycles. The number of hydrogen-bond acceptors (Lipinski definition) is 6. The van der Waals surface area contributed by atoms with Crippen LogP contribution in [0.4, 0.5) is 5.00 Å². The van der Waals surface area contributed by atoms with E-state index < -0.39 is 18.5 Å². The number of carbonyl (C=O) groups is 2. The van der Waals surface area contributed by atoms with Gasteiger partial charge in [0.05, 0.1) is 12.7 Å². The molecule has 1 heterocycles. The van der Waals surface area contributed by atoms with E-state index in [-0.39, 0.29) is 5.56 Å². The Morgan fingerprint density at radius 1 is 1.21 bits per heavy atom. The molecule has 0 radical (unpaired) electrons. The Kier molecular flexibility index (Phi) is 5.19. The van der Waals surface area contributed by atoms with E-state index in [2.05, 4.69) is 11.4 Å². The SMILES string of the molecule is COc1cc2ccccc2cc1C(=O)OCC(=O)Nc1sc2c(c1C#N)CCC2. The number of benzene rings is 2. The van der Waals surface area contributed by atoms with E-state index in [1.54, 1.807) is 12.1 Å². The smallest absolute Gasteiger partial charge is 0.342 e. The van der Waals surface area contributed by atoms with E-state index >= 15 is 0 Å². The Bertz CT molecular complexity index is 1160. The summed E-state index contributed by atoms with van der Waals surface area (Å²) in [6, 6.07) is 13.2. The summed E-state index contributed by atoms with van der Waals surface area (Å²) in [5, 5.41) is 14.4. The van der Waals surface area contributed by atoms with Gasteiger partial charge in [-0.05, 0) is 47.7 Å². The molecule has 1 aromatic heterocycles. The third-order valence-corrected chi connectivity index (χ3v) is 6.12. The average Bonchev–Trinajstić information content (AvgIpc) is 3.31. The fourth-order valence-corrected chi connectivity index (χ4v) is 4.79. The van der Waals surface area contributed by atoms with Crippen LogP contribution in [0.25, 0.3) is 10.8 Å². The quantitative estimate of drug-likeness (QED) is 0.646. The van der Waals surface area contributed by atoms with Gasteiger partial charge in [-0.15, -0.1) is 11.3 Å². The van der Waals surface area contributed by atoms with E-state index in [1.165, 1.54) is 18.4 Å². The molecule has 0 bridgehead atoms. The molecule has 0 spiro atoms. The summed E-state index contributed by atoms with van der Waals surface area (Å²) >= 11 is 1.42. The molecule has 3 aromatic rings. The van der Waals surface area contributed by atoms with Crippen LogP contribution in [0, 0.1) is 11.3 Å². The number of fused-ring (bicyclic) bond motifs is 2. The molecule has 2 aromatic carbocycles. The lowest BCUT2D eigenvalue weighted by atomic mass is 10.1. The van der Waals surface area contributed by atoms with Gasteiger partial charge in [-0.1, -0.05) is 24.3 Å². The molecule has 1 aliphatic rings. The molecule has 0 fully saturated rings. The molecular formula is C22H18N2O4S. The summed E-state index contributed by atoms with van der Waals surface area (Å²) in [6.07, 6.45) is 2.83. The summed E-state index contributed by atoms with van der Waals surface area (Å²) in [5.41, 5.74) is 1.82. The van der Waals surface area contributed by atoms with Gasteiger partial charge in [0.25, 0.3) is 5.91 Å². The van der Waals surface area contributed by atoms with Crippen LogP contribution < -0.4 is 10.1 Å². The van der Waals surface area contributed by atoms with Gasteiger partial charge in [0.15, 0.2) is 6.61 Å². The average molecular weight is 406 g/mol. The lowest BCUT2D eigenvalue weighted by Gasteiger charge is -2.10. The van der Waals surface area contributed by atoms with Crippen molar-refractivity contribution >= 4 is 39.0 Å². The predicted molar refractivity (Wildman–Crippen MR) is 110 cm³/mol. The maximum absolute atomic E-state index is 12.5. The monoisotopic (exact) mass is 406 g/mol. The Hall–Kier alpha value is -3.37. The highest BCUT2D eigenvalue weighted by Crippen LogP contribution is 2.38. The zero-order valence-electron chi connectivity index (χ0n) is 15.8. The van der Waals surface area contributed by atoms with Crippen LogP contribution in [0.3, 0.4) is 0 Å². The molecule has 1 N–H and O–H groups in total. The first kappa shape index (κ1) is 19.0. The summed E-state index contributed by atoms with van der Waals surface area (Å²) in [5.74, 6) is -0.734. The van der Waals surface area contributed by atoms with Crippen molar-refractivity contribution in [2.24, 2.45) is 0 Å². The molecule has 29 heavy (non-hydrogen) atoms. The third-order valence-electron chi connectivity index (χ3n) is 4.91. The van der Waals surface area contributed by atoms with Gasteiger partial charge in [-0.25, -0.2) is 4.79 Å². The second-order valence-electron chi connectivity index (χ2n) is 6.70.